The predicted octanol–water partition coefficient (Wildman–Crippen LogP) is 4.09. The molecule has 1 saturated carbocycles. The summed E-state index contributed by atoms with van der Waals surface area (Å²) in [5.74, 6) is 0. The van der Waals surface area contributed by atoms with Crippen LogP contribution in [0.5, 0.6) is 0 Å². The largest absolute Gasteiger partial charge is 0.309 e. The molecule has 1 N–H and O–H groups in total. The fourth-order valence-electron chi connectivity index (χ4n) is 3.25. The van der Waals surface area contributed by atoms with E-state index in [9.17, 15) is 0 Å². The van der Waals surface area contributed by atoms with Crippen molar-refractivity contribution in [2.75, 3.05) is 6.54 Å². The fraction of sp³-hybridized carbons (Fsp3) is 0.688. The lowest BCUT2D eigenvalue weighted by Gasteiger charge is -2.41. The number of aromatic nitrogens is 1. The van der Waals surface area contributed by atoms with Crippen LogP contribution in [0.4, 0.5) is 0 Å². The van der Waals surface area contributed by atoms with Crippen molar-refractivity contribution in [3.05, 3.63) is 30.1 Å². The van der Waals surface area contributed by atoms with Gasteiger partial charge in [-0.25, -0.2) is 0 Å². The summed E-state index contributed by atoms with van der Waals surface area (Å²) in [5.41, 5.74) is 1.76. The maximum absolute atomic E-state index is 4.30. The molecule has 1 aromatic heterocycles. The fourth-order valence-corrected chi connectivity index (χ4v) is 3.25. The first-order valence-corrected chi connectivity index (χ1v) is 7.39. The van der Waals surface area contributed by atoms with Crippen molar-refractivity contribution in [2.24, 2.45) is 5.41 Å². The Kier molecular flexibility index (Phi) is 4.76. The standard InChI is InChI=1S/C16H26N2/c1-3-11-18-15(14-8-7-12-17-13-14)16(2)9-5-4-6-10-16/h7-8,12-13,15,18H,3-6,9-11H2,1-2H3. The van der Waals surface area contributed by atoms with Crippen LogP contribution in [-0.4, -0.2) is 11.5 Å². The van der Waals surface area contributed by atoms with Gasteiger partial charge in [0.15, 0.2) is 0 Å². The Labute approximate surface area is 111 Å². The average Bonchev–Trinajstić information content (AvgIpc) is 2.41. The molecule has 0 aromatic carbocycles. The zero-order chi connectivity index (χ0) is 12.8. The lowest BCUT2D eigenvalue weighted by Crippen LogP contribution is -2.38. The molecule has 0 amide bonds. The highest BCUT2D eigenvalue weighted by molar-refractivity contribution is 5.17. The Bertz CT molecular complexity index is 341. The van der Waals surface area contributed by atoms with E-state index >= 15 is 0 Å². The quantitative estimate of drug-likeness (QED) is 0.846. The van der Waals surface area contributed by atoms with E-state index in [1.165, 1.54) is 44.1 Å². The van der Waals surface area contributed by atoms with E-state index in [0.717, 1.165) is 6.54 Å². The molecule has 1 atom stereocenters. The van der Waals surface area contributed by atoms with Gasteiger partial charge in [0.2, 0.25) is 0 Å². The zero-order valence-corrected chi connectivity index (χ0v) is 11.8. The second kappa shape index (κ2) is 6.33. The summed E-state index contributed by atoms with van der Waals surface area (Å²) in [6, 6.07) is 4.74. The summed E-state index contributed by atoms with van der Waals surface area (Å²) in [6.45, 7) is 5.78. The molecule has 0 bridgehead atoms. The van der Waals surface area contributed by atoms with Crippen LogP contribution in [0.25, 0.3) is 0 Å². The number of nitrogens with one attached hydrogen (secondary N) is 1. The average molecular weight is 246 g/mol. The first-order chi connectivity index (χ1) is 8.76. The van der Waals surface area contributed by atoms with Crippen molar-refractivity contribution < 1.29 is 0 Å². The molecular formula is C16H26N2. The van der Waals surface area contributed by atoms with Gasteiger partial charge in [0.1, 0.15) is 0 Å². The molecule has 1 unspecified atom stereocenters. The lowest BCUT2D eigenvalue weighted by atomic mass is 9.69. The lowest BCUT2D eigenvalue weighted by molar-refractivity contribution is 0.144. The minimum atomic E-state index is 0.399. The van der Waals surface area contributed by atoms with Crippen LogP contribution >= 0.6 is 0 Å². The molecule has 1 aliphatic rings. The first kappa shape index (κ1) is 13.5. The molecule has 2 nitrogen and oxygen atoms in total. The van der Waals surface area contributed by atoms with Gasteiger partial charge in [0.05, 0.1) is 0 Å². The summed E-state index contributed by atoms with van der Waals surface area (Å²) in [6.07, 6.45) is 11.9. The van der Waals surface area contributed by atoms with Crippen LogP contribution in [0.15, 0.2) is 24.5 Å². The van der Waals surface area contributed by atoms with Gasteiger partial charge >= 0.3 is 0 Å². The minimum absolute atomic E-state index is 0.399. The summed E-state index contributed by atoms with van der Waals surface area (Å²) in [7, 11) is 0. The summed E-state index contributed by atoms with van der Waals surface area (Å²) >= 11 is 0. The van der Waals surface area contributed by atoms with Gasteiger partial charge in [-0.3, -0.25) is 4.98 Å². The molecule has 0 spiro atoms. The summed E-state index contributed by atoms with van der Waals surface area (Å²) in [4.78, 5) is 4.30. The zero-order valence-electron chi connectivity index (χ0n) is 11.8. The smallest absolute Gasteiger partial charge is 0.0389 e. The van der Waals surface area contributed by atoms with E-state index in [4.69, 9.17) is 0 Å². The summed E-state index contributed by atoms with van der Waals surface area (Å²) in [5, 5.41) is 3.76. The second-order valence-corrected chi connectivity index (χ2v) is 5.89. The van der Waals surface area contributed by atoms with Crippen molar-refractivity contribution in [2.45, 2.75) is 58.4 Å². The number of nitrogens with zero attached hydrogens (tertiary/aromatic N) is 1. The molecular weight excluding hydrogens is 220 g/mol. The molecule has 0 radical (unpaired) electrons. The van der Waals surface area contributed by atoms with Crippen molar-refractivity contribution in [1.29, 1.82) is 0 Å². The van der Waals surface area contributed by atoms with Crippen LogP contribution in [0.2, 0.25) is 0 Å². The SMILES string of the molecule is CCCNC(c1cccnc1)C1(C)CCCCC1. The van der Waals surface area contributed by atoms with Gasteiger partial charge < -0.3 is 5.32 Å². The topological polar surface area (TPSA) is 24.9 Å². The number of hydrogen-bond acceptors (Lipinski definition) is 2. The maximum Gasteiger partial charge on any atom is 0.0389 e. The Morgan fingerprint density at radius 2 is 2.11 bits per heavy atom. The normalized spacial score (nSPS) is 20.6. The number of hydrogen-bond donors (Lipinski definition) is 1. The highest BCUT2D eigenvalue weighted by Crippen LogP contribution is 2.45. The van der Waals surface area contributed by atoms with Crippen molar-refractivity contribution in [3.8, 4) is 0 Å². The molecule has 1 heterocycles. The highest BCUT2D eigenvalue weighted by Gasteiger charge is 2.35. The molecule has 18 heavy (non-hydrogen) atoms. The third kappa shape index (κ3) is 3.11. The van der Waals surface area contributed by atoms with Crippen LogP contribution in [0.3, 0.4) is 0 Å². The van der Waals surface area contributed by atoms with Gasteiger partial charge in [0.25, 0.3) is 0 Å². The van der Waals surface area contributed by atoms with E-state index < -0.39 is 0 Å². The van der Waals surface area contributed by atoms with Gasteiger partial charge in [-0.1, -0.05) is 39.2 Å². The van der Waals surface area contributed by atoms with E-state index in [2.05, 4.69) is 36.3 Å². The Morgan fingerprint density at radius 1 is 1.33 bits per heavy atom. The van der Waals surface area contributed by atoms with E-state index in [1.54, 1.807) is 0 Å². The molecule has 1 aliphatic carbocycles. The maximum atomic E-state index is 4.30. The van der Waals surface area contributed by atoms with Crippen molar-refractivity contribution in [1.82, 2.24) is 10.3 Å². The van der Waals surface area contributed by atoms with Gasteiger partial charge in [-0.15, -0.1) is 0 Å². The third-order valence-electron chi connectivity index (χ3n) is 4.31. The van der Waals surface area contributed by atoms with E-state index in [0.29, 0.717) is 11.5 Å². The monoisotopic (exact) mass is 246 g/mol. The van der Waals surface area contributed by atoms with Crippen molar-refractivity contribution in [3.63, 3.8) is 0 Å². The molecule has 2 rings (SSSR count). The van der Waals surface area contributed by atoms with Crippen molar-refractivity contribution >= 4 is 0 Å². The second-order valence-electron chi connectivity index (χ2n) is 5.89. The first-order valence-electron chi connectivity index (χ1n) is 7.39. The van der Waals surface area contributed by atoms with Crippen LogP contribution in [-0.2, 0) is 0 Å². The molecule has 1 aromatic rings. The van der Waals surface area contributed by atoms with Crippen LogP contribution in [0, 0.1) is 5.41 Å². The van der Waals surface area contributed by atoms with Crippen LogP contribution < -0.4 is 5.32 Å². The molecule has 1 fully saturated rings. The molecule has 2 heteroatoms. The Hall–Kier alpha value is -0.890. The van der Waals surface area contributed by atoms with Gasteiger partial charge in [-0.05, 0) is 42.9 Å². The number of rotatable bonds is 5. The molecule has 100 valence electrons. The third-order valence-corrected chi connectivity index (χ3v) is 4.31. The number of pyridine rings is 1. The van der Waals surface area contributed by atoms with E-state index in [1.807, 2.05) is 12.4 Å². The van der Waals surface area contributed by atoms with E-state index in [-0.39, 0.29) is 0 Å². The highest BCUT2D eigenvalue weighted by atomic mass is 14.9. The molecule has 0 saturated heterocycles. The van der Waals surface area contributed by atoms with Gasteiger partial charge in [0, 0.05) is 18.4 Å². The molecule has 0 aliphatic heterocycles. The minimum Gasteiger partial charge on any atom is -0.309 e. The summed E-state index contributed by atoms with van der Waals surface area (Å²) < 4.78 is 0. The Balaban J connectivity index is 2.18. The predicted molar refractivity (Wildman–Crippen MR) is 76.5 cm³/mol. The van der Waals surface area contributed by atoms with Gasteiger partial charge in [-0.2, -0.15) is 0 Å². The Morgan fingerprint density at radius 3 is 2.72 bits per heavy atom. The van der Waals surface area contributed by atoms with Crippen LogP contribution in [0.1, 0.15) is 64.0 Å².